The maximum atomic E-state index is 12.2. The molecular formula is C14H23NOS. The van der Waals surface area contributed by atoms with Crippen LogP contribution in [0.1, 0.15) is 39.7 Å². The molecule has 3 heteroatoms. The van der Waals surface area contributed by atoms with Gasteiger partial charge in [0.2, 0.25) is 0 Å². The van der Waals surface area contributed by atoms with Crippen LogP contribution in [0.15, 0.2) is 29.2 Å². The van der Waals surface area contributed by atoms with Crippen molar-refractivity contribution in [3.05, 3.63) is 29.8 Å². The number of rotatable bonds is 4. The maximum absolute atomic E-state index is 12.2. The molecule has 0 amide bonds. The van der Waals surface area contributed by atoms with E-state index in [0.717, 1.165) is 11.3 Å². The van der Waals surface area contributed by atoms with E-state index in [0.29, 0.717) is 6.54 Å². The highest BCUT2D eigenvalue weighted by Gasteiger charge is 2.16. The Morgan fingerprint density at radius 3 is 2.18 bits per heavy atom. The Kier molecular flexibility index (Phi) is 4.90. The first kappa shape index (κ1) is 14.4. The predicted octanol–water partition coefficient (Wildman–Crippen LogP) is 2.83. The molecule has 0 radical (unpaired) electrons. The second kappa shape index (κ2) is 5.78. The van der Waals surface area contributed by atoms with Gasteiger partial charge in [-0.15, -0.1) is 0 Å². The van der Waals surface area contributed by atoms with Gasteiger partial charge in [0.05, 0.1) is 10.8 Å². The van der Waals surface area contributed by atoms with Gasteiger partial charge >= 0.3 is 0 Å². The molecule has 0 aliphatic rings. The van der Waals surface area contributed by atoms with E-state index < -0.39 is 10.8 Å². The fraction of sp³-hybridized carbons (Fsp3) is 0.571. The number of nitrogens with two attached hydrogens (primary N) is 1. The van der Waals surface area contributed by atoms with Gasteiger partial charge in [0.15, 0.2) is 0 Å². The van der Waals surface area contributed by atoms with Crippen molar-refractivity contribution in [3.8, 4) is 0 Å². The first-order chi connectivity index (χ1) is 7.86. The van der Waals surface area contributed by atoms with E-state index in [9.17, 15) is 4.21 Å². The molecule has 0 fully saturated rings. The Labute approximate surface area is 107 Å². The third-order valence-corrected chi connectivity index (χ3v) is 4.59. The summed E-state index contributed by atoms with van der Waals surface area (Å²) < 4.78 is 12.2. The monoisotopic (exact) mass is 253 g/mol. The normalized spacial score (nSPS) is 15.6. The molecule has 0 saturated carbocycles. The van der Waals surface area contributed by atoms with Crippen molar-refractivity contribution in [3.63, 3.8) is 0 Å². The molecule has 2 nitrogen and oxygen atoms in total. The summed E-state index contributed by atoms with van der Waals surface area (Å²) in [5.41, 5.74) is 6.90. The van der Waals surface area contributed by atoms with Crippen molar-refractivity contribution >= 4 is 10.8 Å². The van der Waals surface area contributed by atoms with Gasteiger partial charge in [-0.2, -0.15) is 0 Å². The van der Waals surface area contributed by atoms with Gasteiger partial charge in [-0.1, -0.05) is 39.8 Å². The Hall–Kier alpha value is -0.670. The third kappa shape index (κ3) is 3.93. The molecule has 96 valence electrons. The van der Waals surface area contributed by atoms with E-state index >= 15 is 0 Å². The number of benzene rings is 1. The van der Waals surface area contributed by atoms with Crippen LogP contribution < -0.4 is 5.73 Å². The van der Waals surface area contributed by atoms with E-state index in [4.69, 9.17) is 5.73 Å². The van der Waals surface area contributed by atoms with Crippen LogP contribution in [-0.2, 0) is 16.2 Å². The first-order valence-electron chi connectivity index (χ1n) is 6.07. The highest BCUT2D eigenvalue weighted by atomic mass is 32.2. The quantitative estimate of drug-likeness (QED) is 0.896. The molecule has 0 aromatic heterocycles. The molecule has 1 aromatic carbocycles. The lowest BCUT2D eigenvalue weighted by Gasteiger charge is -2.19. The van der Waals surface area contributed by atoms with E-state index in [2.05, 4.69) is 32.9 Å². The molecule has 0 aliphatic heterocycles. The van der Waals surface area contributed by atoms with E-state index in [1.54, 1.807) is 0 Å². The Morgan fingerprint density at radius 2 is 1.76 bits per heavy atom. The zero-order chi connectivity index (χ0) is 13.1. The predicted molar refractivity (Wildman–Crippen MR) is 74.7 cm³/mol. The molecule has 2 N–H and O–H groups in total. The Balaban J connectivity index is 2.84. The van der Waals surface area contributed by atoms with Crippen molar-refractivity contribution < 1.29 is 4.21 Å². The van der Waals surface area contributed by atoms with Gasteiger partial charge in [-0.3, -0.25) is 4.21 Å². The third-order valence-electron chi connectivity index (χ3n) is 2.89. The van der Waals surface area contributed by atoms with Crippen LogP contribution in [0.2, 0.25) is 0 Å². The van der Waals surface area contributed by atoms with Crippen molar-refractivity contribution in [2.75, 3.05) is 6.54 Å². The van der Waals surface area contributed by atoms with Gasteiger partial charge in [0.25, 0.3) is 0 Å². The van der Waals surface area contributed by atoms with Crippen molar-refractivity contribution in [1.82, 2.24) is 0 Å². The molecule has 1 rings (SSSR count). The van der Waals surface area contributed by atoms with Gasteiger partial charge in [0, 0.05) is 10.1 Å². The Morgan fingerprint density at radius 1 is 1.24 bits per heavy atom. The maximum Gasteiger partial charge on any atom is 0.0558 e. The molecular weight excluding hydrogens is 230 g/mol. The summed E-state index contributed by atoms with van der Waals surface area (Å²) >= 11 is 0. The van der Waals surface area contributed by atoms with Crippen LogP contribution in [0.4, 0.5) is 0 Å². The van der Waals surface area contributed by atoms with Crippen LogP contribution in [0.25, 0.3) is 0 Å². The zero-order valence-corrected chi connectivity index (χ0v) is 12.0. The van der Waals surface area contributed by atoms with Crippen molar-refractivity contribution in [2.24, 2.45) is 5.73 Å². The smallest absolute Gasteiger partial charge is 0.0558 e. The van der Waals surface area contributed by atoms with Crippen LogP contribution >= 0.6 is 0 Å². The summed E-state index contributed by atoms with van der Waals surface area (Å²) in [6.07, 6.45) is 0.799. The largest absolute Gasteiger partial charge is 0.330 e. The second-order valence-corrected chi connectivity index (χ2v) is 7.33. The fourth-order valence-electron chi connectivity index (χ4n) is 1.66. The Bertz CT molecular complexity index is 378. The number of hydrogen-bond acceptors (Lipinski definition) is 2. The summed E-state index contributed by atoms with van der Waals surface area (Å²) in [7, 11) is -0.943. The molecule has 0 saturated heterocycles. The zero-order valence-electron chi connectivity index (χ0n) is 11.2. The van der Waals surface area contributed by atoms with Crippen molar-refractivity contribution in [2.45, 2.75) is 49.7 Å². The van der Waals surface area contributed by atoms with Crippen LogP contribution in [0.3, 0.4) is 0 Å². The molecule has 2 unspecified atom stereocenters. The lowest BCUT2D eigenvalue weighted by Crippen LogP contribution is -2.16. The molecule has 0 heterocycles. The lowest BCUT2D eigenvalue weighted by atomic mass is 9.87. The first-order valence-corrected chi connectivity index (χ1v) is 7.28. The molecule has 2 atom stereocenters. The summed E-state index contributed by atoms with van der Waals surface area (Å²) in [4.78, 5) is 0.902. The van der Waals surface area contributed by atoms with E-state index in [1.165, 1.54) is 5.56 Å². The molecule has 1 aromatic rings. The minimum Gasteiger partial charge on any atom is -0.330 e. The molecule has 0 bridgehead atoms. The lowest BCUT2D eigenvalue weighted by molar-refractivity contribution is 0.589. The van der Waals surface area contributed by atoms with Crippen LogP contribution in [-0.4, -0.2) is 16.0 Å². The standard InChI is InChI=1S/C14H23NOS/c1-11(9-10-15)17(16)13-7-5-12(6-8-13)14(2,3)4/h5-8,11H,9-10,15H2,1-4H3. The summed E-state index contributed by atoms with van der Waals surface area (Å²) in [6, 6.07) is 8.10. The molecule has 0 spiro atoms. The SMILES string of the molecule is CC(CCN)S(=O)c1ccc(C(C)(C)C)cc1. The highest BCUT2D eigenvalue weighted by molar-refractivity contribution is 7.85. The average Bonchev–Trinajstić information content (AvgIpc) is 2.27. The van der Waals surface area contributed by atoms with Gasteiger partial charge in [-0.05, 0) is 36.1 Å². The van der Waals surface area contributed by atoms with Crippen LogP contribution in [0.5, 0.6) is 0 Å². The molecule has 17 heavy (non-hydrogen) atoms. The van der Waals surface area contributed by atoms with Gasteiger partial charge in [-0.25, -0.2) is 0 Å². The van der Waals surface area contributed by atoms with Gasteiger partial charge < -0.3 is 5.73 Å². The number of hydrogen-bond donors (Lipinski definition) is 1. The fourth-order valence-corrected chi connectivity index (χ4v) is 2.88. The van der Waals surface area contributed by atoms with E-state index in [1.807, 2.05) is 19.1 Å². The summed E-state index contributed by atoms with van der Waals surface area (Å²) in [5.74, 6) is 0. The minimum absolute atomic E-state index is 0.125. The summed E-state index contributed by atoms with van der Waals surface area (Å²) in [5, 5.41) is 0.125. The van der Waals surface area contributed by atoms with Crippen LogP contribution in [0, 0.1) is 0 Å². The second-order valence-electron chi connectivity index (χ2n) is 5.46. The van der Waals surface area contributed by atoms with Gasteiger partial charge in [0.1, 0.15) is 0 Å². The average molecular weight is 253 g/mol. The van der Waals surface area contributed by atoms with Crippen molar-refractivity contribution in [1.29, 1.82) is 0 Å². The summed E-state index contributed by atoms with van der Waals surface area (Å²) in [6.45, 7) is 9.11. The topological polar surface area (TPSA) is 43.1 Å². The minimum atomic E-state index is -0.943. The van der Waals surface area contributed by atoms with E-state index in [-0.39, 0.29) is 10.7 Å². The molecule has 0 aliphatic carbocycles. The highest BCUT2D eigenvalue weighted by Crippen LogP contribution is 2.23.